The van der Waals surface area contributed by atoms with Crippen molar-refractivity contribution in [3.63, 3.8) is 0 Å². The smallest absolute Gasteiger partial charge is 0.233 e. The Morgan fingerprint density at radius 3 is 3.17 bits per heavy atom. The van der Waals surface area contributed by atoms with Crippen LogP contribution in [-0.4, -0.2) is 33.0 Å². The summed E-state index contributed by atoms with van der Waals surface area (Å²) in [6, 6.07) is 3.72. The lowest BCUT2D eigenvalue weighted by Crippen LogP contribution is -2.27. The molecule has 0 radical (unpaired) electrons. The maximum atomic E-state index is 11.5. The summed E-state index contributed by atoms with van der Waals surface area (Å²) in [6.07, 6.45) is 3.25. The van der Waals surface area contributed by atoms with Crippen molar-refractivity contribution >= 4 is 17.7 Å². The first-order valence-electron chi connectivity index (χ1n) is 5.49. The van der Waals surface area contributed by atoms with E-state index in [4.69, 9.17) is 4.42 Å². The van der Waals surface area contributed by atoms with Crippen molar-refractivity contribution < 1.29 is 9.21 Å². The zero-order valence-electron chi connectivity index (χ0n) is 10.2. The number of furan rings is 1. The summed E-state index contributed by atoms with van der Waals surface area (Å²) >= 11 is 1.37. The van der Waals surface area contributed by atoms with Crippen molar-refractivity contribution in [2.45, 2.75) is 23.9 Å². The van der Waals surface area contributed by atoms with E-state index >= 15 is 0 Å². The lowest BCUT2D eigenvalue weighted by Gasteiger charge is -2.09. The summed E-state index contributed by atoms with van der Waals surface area (Å²) < 4.78 is 7.12. The van der Waals surface area contributed by atoms with Crippen LogP contribution in [0.4, 0.5) is 0 Å². The van der Waals surface area contributed by atoms with Crippen LogP contribution in [0.15, 0.2) is 34.3 Å². The van der Waals surface area contributed by atoms with Gasteiger partial charge in [0.05, 0.1) is 18.1 Å². The Kier molecular flexibility index (Phi) is 4.03. The molecule has 2 heterocycles. The van der Waals surface area contributed by atoms with Crippen LogP contribution >= 0.6 is 11.8 Å². The molecule has 0 fully saturated rings. The molecule has 0 aromatic carbocycles. The van der Waals surface area contributed by atoms with Crippen LogP contribution in [0.25, 0.3) is 0 Å². The van der Waals surface area contributed by atoms with Gasteiger partial charge >= 0.3 is 0 Å². The van der Waals surface area contributed by atoms with Crippen molar-refractivity contribution in [1.29, 1.82) is 0 Å². The molecule has 0 saturated carbocycles. The first-order valence-corrected chi connectivity index (χ1v) is 6.37. The van der Waals surface area contributed by atoms with Crippen LogP contribution in [0.2, 0.25) is 0 Å². The van der Waals surface area contributed by atoms with Gasteiger partial charge in [-0.3, -0.25) is 4.79 Å². The Bertz CT molecular complexity index is 509. The number of aromatic nitrogens is 3. The molecule has 0 saturated heterocycles. The number of amides is 1. The second-order valence-electron chi connectivity index (χ2n) is 3.70. The lowest BCUT2D eigenvalue weighted by molar-refractivity contribution is -0.119. The first kappa shape index (κ1) is 12.7. The summed E-state index contributed by atoms with van der Waals surface area (Å²) in [5, 5.41) is 11.0. The number of nitrogens with zero attached hydrogens (tertiary/aromatic N) is 3. The fraction of sp³-hybridized carbons (Fsp3) is 0.364. The van der Waals surface area contributed by atoms with E-state index in [1.165, 1.54) is 11.8 Å². The van der Waals surface area contributed by atoms with Crippen LogP contribution in [-0.2, 0) is 11.3 Å². The topological polar surface area (TPSA) is 73.0 Å². The molecule has 0 bridgehead atoms. The van der Waals surface area contributed by atoms with E-state index < -0.39 is 0 Å². The van der Waals surface area contributed by atoms with Gasteiger partial charge in [-0.05, 0) is 19.1 Å². The molecule has 2 aromatic rings. The van der Waals surface area contributed by atoms with Gasteiger partial charge < -0.3 is 14.3 Å². The Morgan fingerprint density at radius 1 is 1.67 bits per heavy atom. The van der Waals surface area contributed by atoms with Crippen molar-refractivity contribution in [1.82, 2.24) is 20.1 Å². The number of rotatable bonds is 5. The van der Waals surface area contributed by atoms with Gasteiger partial charge in [0.1, 0.15) is 12.1 Å². The molecule has 1 N–H and O–H groups in total. The van der Waals surface area contributed by atoms with Crippen molar-refractivity contribution in [2.75, 3.05) is 7.05 Å². The molecule has 2 rings (SSSR count). The second-order valence-corrected chi connectivity index (χ2v) is 5.00. The van der Waals surface area contributed by atoms with Gasteiger partial charge in [-0.15, -0.1) is 10.2 Å². The Morgan fingerprint density at radius 2 is 2.50 bits per heavy atom. The number of carbonyl (C=O) groups is 1. The fourth-order valence-electron chi connectivity index (χ4n) is 1.43. The third-order valence-electron chi connectivity index (χ3n) is 2.38. The summed E-state index contributed by atoms with van der Waals surface area (Å²) in [5.41, 5.74) is 0. The number of nitrogens with one attached hydrogen (secondary N) is 1. The van der Waals surface area contributed by atoms with Crippen LogP contribution in [0.3, 0.4) is 0 Å². The molecule has 1 unspecified atom stereocenters. The Balaban J connectivity index is 2.06. The van der Waals surface area contributed by atoms with Crippen molar-refractivity contribution in [2.24, 2.45) is 0 Å². The molecule has 0 aliphatic rings. The largest absolute Gasteiger partial charge is 0.467 e. The van der Waals surface area contributed by atoms with Crippen LogP contribution in [0.5, 0.6) is 0 Å². The molecule has 0 aliphatic heterocycles. The fourth-order valence-corrected chi connectivity index (χ4v) is 2.31. The second kappa shape index (κ2) is 5.72. The van der Waals surface area contributed by atoms with Gasteiger partial charge in [0, 0.05) is 7.05 Å². The zero-order chi connectivity index (χ0) is 13.0. The van der Waals surface area contributed by atoms with E-state index in [0.717, 1.165) is 5.76 Å². The van der Waals surface area contributed by atoms with Crippen LogP contribution < -0.4 is 5.32 Å². The highest BCUT2D eigenvalue weighted by atomic mass is 32.2. The zero-order valence-corrected chi connectivity index (χ0v) is 11.0. The molecule has 96 valence electrons. The van der Waals surface area contributed by atoms with Crippen LogP contribution in [0.1, 0.15) is 12.7 Å². The minimum atomic E-state index is -0.213. The van der Waals surface area contributed by atoms with Crippen molar-refractivity contribution in [3.8, 4) is 0 Å². The van der Waals surface area contributed by atoms with Gasteiger partial charge in [0.25, 0.3) is 0 Å². The van der Waals surface area contributed by atoms with E-state index in [1.807, 2.05) is 23.6 Å². The number of hydrogen-bond acceptors (Lipinski definition) is 5. The van der Waals surface area contributed by atoms with Gasteiger partial charge in [-0.1, -0.05) is 11.8 Å². The molecule has 18 heavy (non-hydrogen) atoms. The molecule has 0 spiro atoms. The highest BCUT2D eigenvalue weighted by Crippen LogP contribution is 2.21. The molecule has 0 aliphatic carbocycles. The van der Waals surface area contributed by atoms with E-state index in [0.29, 0.717) is 11.7 Å². The minimum Gasteiger partial charge on any atom is -0.467 e. The Hall–Kier alpha value is -1.76. The number of carbonyl (C=O) groups excluding carboxylic acids is 1. The van der Waals surface area contributed by atoms with E-state index in [-0.39, 0.29) is 11.2 Å². The van der Waals surface area contributed by atoms with Gasteiger partial charge in [-0.25, -0.2) is 0 Å². The molecular weight excluding hydrogens is 252 g/mol. The first-order chi connectivity index (χ1) is 8.70. The highest BCUT2D eigenvalue weighted by molar-refractivity contribution is 8.00. The van der Waals surface area contributed by atoms with Gasteiger partial charge in [0.2, 0.25) is 5.91 Å². The molecule has 1 amide bonds. The molecular formula is C11H14N4O2S. The standard InChI is InChI=1S/C11H14N4O2S/c1-8(10(16)12-2)18-11-14-13-7-15(11)6-9-4-3-5-17-9/h3-5,7-8H,6H2,1-2H3,(H,12,16). The molecule has 2 aromatic heterocycles. The number of thioether (sulfide) groups is 1. The summed E-state index contributed by atoms with van der Waals surface area (Å²) in [4.78, 5) is 11.5. The van der Waals surface area contributed by atoms with E-state index in [9.17, 15) is 4.79 Å². The third kappa shape index (κ3) is 2.92. The van der Waals surface area contributed by atoms with Crippen molar-refractivity contribution in [3.05, 3.63) is 30.5 Å². The average molecular weight is 266 g/mol. The normalized spacial score (nSPS) is 12.3. The monoisotopic (exact) mass is 266 g/mol. The highest BCUT2D eigenvalue weighted by Gasteiger charge is 2.16. The molecule has 7 heteroatoms. The predicted molar refractivity (Wildman–Crippen MR) is 67.2 cm³/mol. The lowest BCUT2D eigenvalue weighted by atomic mass is 10.4. The summed E-state index contributed by atoms with van der Waals surface area (Å²) in [6.45, 7) is 2.39. The molecule has 6 nitrogen and oxygen atoms in total. The average Bonchev–Trinajstić information content (AvgIpc) is 3.01. The van der Waals surface area contributed by atoms with Gasteiger partial charge in [0.15, 0.2) is 5.16 Å². The third-order valence-corrected chi connectivity index (χ3v) is 3.48. The maximum Gasteiger partial charge on any atom is 0.233 e. The van der Waals surface area contributed by atoms with Gasteiger partial charge in [-0.2, -0.15) is 0 Å². The van der Waals surface area contributed by atoms with Crippen LogP contribution in [0, 0.1) is 0 Å². The quantitative estimate of drug-likeness (QED) is 0.822. The number of hydrogen-bond donors (Lipinski definition) is 1. The predicted octanol–water partition coefficient (Wildman–Crippen LogP) is 1.15. The van der Waals surface area contributed by atoms with E-state index in [2.05, 4.69) is 15.5 Å². The SMILES string of the molecule is CNC(=O)C(C)Sc1nncn1Cc1ccco1. The summed E-state index contributed by atoms with van der Waals surface area (Å²) in [7, 11) is 1.62. The Labute approximate surface area is 109 Å². The minimum absolute atomic E-state index is 0.0347. The maximum absolute atomic E-state index is 11.5. The summed E-state index contributed by atoms with van der Waals surface area (Å²) in [5.74, 6) is 0.789. The van der Waals surface area contributed by atoms with E-state index in [1.54, 1.807) is 19.6 Å². The molecule has 1 atom stereocenters.